The molecule has 2 heterocycles. The van der Waals surface area contributed by atoms with Crippen LogP contribution in [-0.4, -0.2) is 28.2 Å². The minimum Gasteiger partial charge on any atom is -0.343 e. The molecule has 4 rings (SSSR count). The molecule has 0 amide bonds. The zero-order valence-electron chi connectivity index (χ0n) is 14.4. The molecular formula is C19H25N3O2. The zero-order valence-corrected chi connectivity index (χ0v) is 14.4. The molecule has 1 saturated heterocycles. The van der Waals surface area contributed by atoms with E-state index in [-0.39, 0.29) is 11.6 Å². The topological polar surface area (TPSA) is 58.2 Å². The first-order valence-electron chi connectivity index (χ1n) is 9.10. The second kappa shape index (κ2) is 6.30. The van der Waals surface area contributed by atoms with Gasteiger partial charge in [0.05, 0.1) is 23.0 Å². The lowest BCUT2D eigenvalue weighted by atomic mass is 9.90. The maximum absolute atomic E-state index is 12.5. The van der Waals surface area contributed by atoms with Crippen LogP contribution >= 0.6 is 0 Å². The number of aryl methyl sites for hydroxylation is 1. The number of nitrogens with zero attached hydrogens (tertiary/aromatic N) is 2. The molecule has 0 spiro atoms. The predicted molar refractivity (Wildman–Crippen MR) is 93.7 cm³/mol. The van der Waals surface area contributed by atoms with Gasteiger partial charge in [0, 0.05) is 19.4 Å². The van der Waals surface area contributed by atoms with E-state index in [2.05, 4.69) is 23.0 Å². The first kappa shape index (κ1) is 15.8. The van der Waals surface area contributed by atoms with Crippen molar-refractivity contribution < 1.29 is 4.84 Å². The first-order chi connectivity index (χ1) is 11.7. The Balaban J connectivity index is 1.71. The normalized spacial score (nSPS) is 27.0. The summed E-state index contributed by atoms with van der Waals surface area (Å²) in [6.07, 6.45) is 6.87. The lowest BCUT2D eigenvalue weighted by molar-refractivity contribution is -0.144. The monoisotopic (exact) mass is 327 g/mol. The third-order valence-corrected chi connectivity index (χ3v) is 5.50. The van der Waals surface area contributed by atoms with Gasteiger partial charge in [-0.3, -0.25) is 9.63 Å². The van der Waals surface area contributed by atoms with Gasteiger partial charge in [0.2, 0.25) is 0 Å². The minimum atomic E-state index is -0.124. The average molecular weight is 327 g/mol. The molecule has 0 radical (unpaired) electrons. The van der Waals surface area contributed by atoms with Crippen LogP contribution in [0.4, 0.5) is 0 Å². The quantitative estimate of drug-likeness (QED) is 0.935. The number of fused-ring (bicyclic) bond motifs is 2. The Morgan fingerprint density at radius 2 is 2.25 bits per heavy atom. The van der Waals surface area contributed by atoms with Crippen LogP contribution in [0.3, 0.4) is 0 Å². The van der Waals surface area contributed by atoms with Crippen molar-refractivity contribution in [1.82, 2.24) is 15.0 Å². The van der Waals surface area contributed by atoms with E-state index >= 15 is 0 Å². The molecule has 2 fully saturated rings. The van der Waals surface area contributed by atoms with Crippen molar-refractivity contribution >= 4 is 10.9 Å². The van der Waals surface area contributed by atoms with Crippen molar-refractivity contribution in [3.8, 4) is 0 Å². The van der Waals surface area contributed by atoms with Gasteiger partial charge in [0.15, 0.2) is 0 Å². The van der Waals surface area contributed by atoms with Crippen molar-refractivity contribution in [3.63, 3.8) is 0 Å². The summed E-state index contributed by atoms with van der Waals surface area (Å²) in [5.41, 5.74) is 1.92. The van der Waals surface area contributed by atoms with Crippen LogP contribution in [0.15, 0.2) is 23.0 Å². The van der Waals surface area contributed by atoms with Gasteiger partial charge in [-0.25, -0.2) is 0 Å². The largest absolute Gasteiger partial charge is 0.343 e. The Hall–Kier alpha value is -1.72. The Morgan fingerprint density at radius 3 is 3.08 bits per heavy atom. The highest BCUT2D eigenvalue weighted by molar-refractivity contribution is 5.78. The molecule has 1 aliphatic carbocycles. The van der Waals surface area contributed by atoms with E-state index in [1.165, 1.54) is 12.8 Å². The number of unbranched alkanes of at least 4 members (excludes halogenated alkanes) is 1. The van der Waals surface area contributed by atoms with E-state index in [4.69, 9.17) is 4.84 Å². The van der Waals surface area contributed by atoms with Gasteiger partial charge >= 0.3 is 0 Å². The van der Waals surface area contributed by atoms with Crippen LogP contribution < -0.4 is 5.56 Å². The van der Waals surface area contributed by atoms with Gasteiger partial charge in [-0.15, -0.1) is 0 Å². The van der Waals surface area contributed by atoms with Crippen LogP contribution in [-0.2, 0) is 11.3 Å². The number of hydroxylamine groups is 2. The number of nitrogens with one attached hydrogen (secondary N) is 1. The van der Waals surface area contributed by atoms with Crippen molar-refractivity contribution in [2.45, 2.75) is 57.6 Å². The summed E-state index contributed by atoms with van der Waals surface area (Å²) in [5, 5.41) is 2.66. The molecule has 3 atom stereocenters. The molecule has 2 aromatic rings. The summed E-state index contributed by atoms with van der Waals surface area (Å²) in [6.45, 7) is 2.14. The van der Waals surface area contributed by atoms with Crippen molar-refractivity contribution in [3.05, 3.63) is 39.9 Å². The molecule has 128 valence electrons. The fourth-order valence-electron chi connectivity index (χ4n) is 4.31. The van der Waals surface area contributed by atoms with Crippen LogP contribution in [0, 0.1) is 5.92 Å². The lowest BCUT2D eigenvalue weighted by Crippen LogP contribution is -2.21. The van der Waals surface area contributed by atoms with Gasteiger partial charge in [0.25, 0.3) is 5.56 Å². The summed E-state index contributed by atoms with van der Waals surface area (Å²) >= 11 is 0. The molecule has 0 unspecified atom stereocenters. The Kier molecular flexibility index (Phi) is 4.14. The molecule has 1 saturated carbocycles. The first-order valence-corrected chi connectivity index (χ1v) is 9.10. The molecule has 1 aromatic heterocycles. The predicted octanol–water partition coefficient (Wildman–Crippen LogP) is 3.35. The maximum Gasteiger partial charge on any atom is 0.280 e. The molecule has 0 bridgehead atoms. The smallest absolute Gasteiger partial charge is 0.280 e. The van der Waals surface area contributed by atoms with Gasteiger partial charge in [-0.2, -0.15) is 10.0 Å². The summed E-state index contributed by atoms with van der Waals surface area (Å²) in [5.74, 6) is 1.32. The summed E-state index contributed by atoms with van der Waals surface area (Å²) in [6, 6.07) is 6.41. The van der Waals surface area contributed by atoms with Gasteiger partial charge in [-0.1, -0.05) is 25.8 Å². The molecule has 5 heteroatoms. The SMILES string of the molecule is CCCCc1nc(=O)c2cc([C@H]3[C@@H]4CCC[C@@H]4ON3C)ccc2[nH]1. The molecule has 24 heavy (non-hydrogen) atoms. The Labute approximate surface area is 142 Å². The molecule has 1 aromatic carbocycles. The number of benzene rings is 1. The molecule has 1 aliphatic heterocycles. The van der Waals surface area contributed by atoms with Crippen LogP contribution in [0.2, 0.25) is 0 Å². The average Bonchev–Trinajstić information content (AvgIpc) is 3.13. The molecule has 1 N–H and O–H groups in total. The minimum absolute atomic E-state index is 0.124. The van der Waals surface area contributed by atoms with Crippen LogP contribution in [0.5, 0.6) is 0 Å². The van der Waals surface area contributed by atoms with Crippen molar-refractivity contribution in [1.29, 1.82) is 0 Å². The number of aromatic amines is 1. The van der Waals surface area contributed by atoms with E-state index < -0.39 is 0 Å². The molecule has 5 nitrogen and oxygen atoms in total. The highest BCUT2D eigenvalue weighted by atomic mass is 16.7. The van der Waals surface area contributed by atoms with E-state index in [0.717, 1.165) is 42.6 Å². The Bertz CT molecular complexity index is 801. The van der Waals surface area contributed by atoms with E-state index in [1.54, 1.807) is 0 Å². The number of rotatable bonds is 4. The van der Waals surface area contributed by atoms with Gasteiger partial charge in [-0.05, 0) is 37.0 Å². The van der Waals surface area contributed by atoms with Crippen molar-refractivity contribution in [2.75, 3.05) is 7.05 Å². The summed E-state index contributed by atoms with van der Waals surface area (Å²) in [7, 11) is 2.00. The van der Waals surface area contributed by atoms with E-state index in [9.17, 15) is 4.79 Å². The standard InChI is InChI=1S/C19H25N3O2/c1-3-4-8-17-20-15-10-9-12(11-14(15)19(23)21-17)18-13-6-5-7-16(13)24-22(18)2/h9-11,13,16,18H,3-8H2,1-2H3,(H,20,21,23)/t13-,16+,18+/m1/s1. The number of H-pyrrole nitrogens is 1. The van der Waals surface area contributed by atoms with Crippen LogP contribution in [0.1, 0.15) is 56.5 Å². The Morgan fingerprint density at radius 1 is 1.38 bits per heavy atom. The fourth-order valence-corrected chi connectivity index (χ4v) is 4.31. The van der Waals surface area contributed by atoms with Crippen molar-refractivity contribution in [2.24, 2.45) is 5.92 Å². The van der Waals surface area contributed by atoms with E-state index in [1.807, 2.05) is 24.2 Å². The third-order valence-electron chi connectivity index (χ3n) is 5.50. The summed E-state index contributed by atoms with van der Waals surface area (Å²) in [4.78, 5) is 26.0. The highest BCUT2D eigenvalue weighted by Gasteiger charge is 2.44. The second-order valence-electron chi connectivity index (χ2n) is 7.13. The maximum atomic E-state index is 12.5. The van der Waals surface area contributed by atoms with Gasteiger partial charge < -0.3 is 4.98 Å². The zero-order chi connectivity index (χ0) is 16.7. The lowest BCUT2D eigenvalue weighted by Gasteiger charge is -2.22. The summed E-state index contributed by atoms with van der Waals surface area (Å²) < 4.78 is 0. The molecular weight excluding hydrogens is 302 g/mol. The number of aromatic nitrogens is 2. The number of hydrogen-bond donors (Lipinski definition) is 1. The third kappa shape index (κ3) is 2.66. The van der Waals surface area contributed by atoms with E-state index in [0.29, 0.717) is 17.4 Å². The highest BCUT2D eigenvalue weighted by Crippen LogP contribution is 2.46. The number of hydrogen-bond acceptors (Lipinski definition) is 4. The van der Waals surface area contributed by atoms with Gasteiger partial charge in [0.1, 0.15) is 5.82 Å². The second-order valence-corrected chi connectivity index (χ2v) is 7.13. The molecule has 2 aliphatic rings. The fraction of sp³-hybridized carbons (Fsp3) is 0.579. The van der Waals surface area contributed by atoms with Crippen LogP contribution in [0.25, 0.3) is 10.9 Å².